The molecule has 4 nitrogen and oxygen atoms in total. The maximum Gasteiger partial charge on any atom is 0.154 e. The Morgan fingerprint density at radius 3 is 1.91 bits per heavy atom. The Morgan fingerprint density at radius 1 is 0.864 bits per heavy atom. The van der Waals surface area contributed by atoms with Crippen LogP contribution in [0.3, 0.4) is 0 Å². The van der Waals surface area contributed by atoms with Gasteiger partial charge in [-0.1, -0.05) is 25.3 Å². The molecule has 0 aliphatic rings. The van der Waals surface area contributed by atoms with Crippen molar-refractivity contribution < 1.29 is 8.83 Å². The topological polar surface area (TPSA) is 52.1 Å². The molecule has 0 amide bonds. The number of aromatic nitrogens is 2. The third-order valence-electron chi connectivity index (χ3n) is 3.04. The van der Waals surface area contributed by atoms with Crippen molar-refractivity contribution in [2.45, 2.75) is 0 Å². The summed E-state index contributed by atoms with van der Waals surface area (Å²) in [5.41, 5.74) is 2.59. The molecule has 0 aromatic carbocycles. The molecule has 0 saturated heterocycles. The molecule has 0 saturated carbocycles. The van der Waals surface area contributed by atoms with Crippen LogP contribution in [0.5, 0.6) is 0 Å². The van der Waals surface area contributed by atoms with Gasteiger partial charge in [-0.25, -0.2) is 9.97 Å². The predicted molar refractivity (Wildman–Crippen MR) is 86.8 cm³/mol. The van der Waals surface area contributed by atoms with Gasteiger partial charge in [0, 0.05) is 0 Å². The number of allylic oxidation sites excluding steroid dienone is 2. The Labute approximate surface area is 128 Å². The van der Waals surface area contributed by atoms with E-state index in [9.17, 15) is 0 Å². The molecule has 108 valence electrons. The van der Waals surface area contributed by atoms with E-state index in [2.05, 4.69) is 23.1 Å². The first-order valence-corrected chi connectivity index (χ1v) is 6.75. The second-order valence-corrected chi connectivity index (χ2v) is 4.44. The van der Waals surface area contributed by atoms with Gasteiger partial charge in [0.15, 0.2) is 11.5 Å². The van der Waals surface area contributed by atoms with E-state index in [1.807, 2.05) is 30.3 Å². The molecular weight excluding hydrogens is 276 g/mol. The van der Waals surface area contributed by atoms with Crippen molar-refractivity contribution in [3.05, 3.63) is 73.5 Å². The van der Waals surface area contributed by atoms with Crippen molar-refractivity contribution in [3.63, 3.8) is 0 Å². The van der Waals surface area contributed by atoms with Crippen LogP contribution in [0, 0.1) is 0 Å². The van der Waals surface area contributed by atoms with Crippen LogP contribution in [0.15, 0.2) is 70.9 Å². The van der Waals surface area contributed by atoms with Crippen molar-refractivity contribution in [2.24, 2.45) is 0 Å². The molecule has 0 spiro atoms. The Balaban J connectivity index is 2.26. The highest BCUT2D eigenvalue weighted by atomic mass is 16.3. The first-order chi connectivity index (χ1) is 10.8. The molecule has 0 bridgehead atoms. The van der Waals surface area contributed by atoms with Crippen molar-refractivity contribution in [3.8, 4) is 22.9 Å². The molecule has 0 fully saturated rings. The zero-order valence-corrected chi connectivity index (χ0v) is 11.9. The Bertz CT molecular complexity index is 813. The highest BCUT2D eigenvalue weighted by molar-refractivity contribution is 5.75. The fraction of sp³-hybridized carbons (Fsp3) is 0. The standard InChI is InChI=1S/C18H14N2O2/c1-3-5-8-14-13(4-2)19-17(15-9-6-11-21-15)18(20-14)16-10-7-12-22-16/h3-12H,1-2H2/b8-5-. The van der Waals surface area contributed by atoms with Gasteiger partial charge in [-0.3, -0.25) is 0 Å². The predicted octanol–water partition coefficient (Wildman–Crippen LogP) is 4.84. The lowest BCUT2D eigenvalue weighted by molar-refractivity contribution is 0.571. The van der Waals surface area contributed by atoms with Crippen LogP contribution in [0.1, 0.15) is 11.4 Å². The molecule has 0 aliphatic heterocycles. The largest absolute Gasteiger partial charge is 0.463 e. The van der Waals surface area contributed by atoms with Gasteiger partial charge in [-0.05, 0) is 36.4 Å². The maximum atomic E-state index is 5.48. The van der Waals surface area contributed by atoms with Gasteiger partial charge in [0.2, 0.25) is 0 Å². The summed E-state index contributed by atoms with van der Waals surface area (Å²) in [4.78, 5) is 9.28. The Kier molecular flexibility index (Phi) is 3.83. The maximum absolute atomic E-state index is 5.48. The SMILES string of the molecule is C=C/C=C\c1nc(-c2ccco2)c(-c2ccco2)nc1C=C. The van der Waals surface area contributed by atoms with Gasteiger partial charge in [-0.15, -0.1) is 0 Å². The van der Waals surface area contributed by atoms with Crippen LogP contribution in [-0.2, 0) is 0 Å². The molecule has 22 heavy (non-hydrogen) atoms. The van der Waals surface area contributed by atoms with Crippen molar-refractivity contribution >= 4 is 12.2 Å². The smallest absolute Gasteiger partial charge is 0.154 e. The number of rotatable bonds is 5. The molecule has 0 unspecified atom stereocenters. The zero-order chi connectivity index (χ0) is 15.4. The molecule has 3 heterocycles. The minimum absolute atomic E-state index is 0.616. The van der Waals surface area contributed by atoms with Gasteiger partial charge < -0.3 is 8.83 Å². The van der Waals surface area contributed by atoms with Crippen LogP contribution >= 0.6 is 0 Å². The van der Waals surface area contributed by atoms with Gasteiger partial charge in [0.05, 0.1) is 23.9 Å². The summed E-state index contributed by atoms with van der Waals surface area (Å²) < 4.78 is 10.9. The molecule has 3 rings (SSSR count). The summed E-state index contributed by atoms with van der Waals surface area (Å²) in [6.07, 6.45) is 10.2. The van der Waals surface area contributed by atoms with Crippen LogP contribution in [0.4, 0.5) is 0 Å². The average molecular weight is 290 g/mol. The van der Waals surface area contributed by atoms with Gasteiger partial charge in [-0.2, -0.15) is 0 Å². The summed E-state index contributed by atoms with van der Waals surface area (Å²) in [5, 5.41) is 0. The van der Waals surface area contributed by atoms with E-state index in [1.165, 1.54) is 0 Å². The lowest BCUT2D eigenvalue weighted by Crippen LogP contribution is -1.99. The minimum Gasteiger partial charge on any atom is -0.463 e. The highest BCUT2D eigenvalue weighted by Crippen LogP contribution is 2.31. The van der Waals surface area contributed by atoms with Crippen molar-refractivity contribution in [1.82, 2.24) is 9.97 Å². The summed E-state index contributed by atoms with van der Waals surface area (Å²) in [6, 6.07) is 7.29. The second-order valence-electron chi connectivity index (χ2n) is 4.44. The number of nitrogens with zero attached hydrogens (tertiary/aromatic N) is 2. The van der Waals surface area contributed by atoms with Crippen molar-refractivity contribution in [2.75, 3.05) is 0 Å². The van der Waals surface area contributed by atoms with Crippen LogP contribution in [-0.4, -0.2) is 9.97 Å². The minimum atomic E-state index is 0.616. The summed E-state index contributed by atoms with van der Waals surface area (Å²) in [7, 11) is 0. The van der Waals surface area contributed by atoms with E-state index in [0.717, 1.165) is 0 Å². The quantitative estimate of drug-likeness (QED) is 0.631. The first kappa shape index (κ1) is 13.8. The molecule has 3 aromatic rings. The highest BCUT2D eigenvalue weighted by Gasteiger charge is 2.18. The lowest BCUT2D eigenvalue weighted by atomic mass is 10.1. The monoisotopic (exact) mass is 290 g/mol. The van der Waals surface area contributed by atoms with E-state index < -0.39 is 0 Å². The Hall–Kier alpha value is -3.14. The van der Waals surface area contributed by atoms with Gasteiger partial charge >= 0.3 is 0 Å². The molecule has 4 heteroatoms. The first-order valence-electron chi connectivity index (χ1n) is 6.75. The molecule has 0 N–H and O–H groups in total. The van der Waals surface area contributed by atoms with Gasteiger partial charge in [0.1, 0.15) is 11.4 Å². The van der Waals surface area contributed by atoms with E-state index in [1.54, 1.807) is 30.8 Å². The number of furan rings is 2. The van der Waals surface area contributed by atoms with Crippen LogP contribution in [0.25, 0.3) is 35.1 Å². The average Bonchev–Trinajstić information content (AvgIpc) is 3.24. The van der Waals surface area contributed by atoms with Gasteiger partial charge in [0.25, 0.3) is 0 Å². The molecule has 0 aliphatic carbocycles. The number of hydrogen-bond acceptors (Lipinski definition) is 4. The van der Waals surface area contributed by atoms with Crippen molar-refractivity contribution in [1.29, 1.82) is 0 Å². The third kappa shape index (κ3) is 2.54. The third-order valence-corrected chi connectivity index (χ3v) is 3.04. The number of hydrogen-bond donors (Lipinski definition) is 0. The molecular formula is C18H14N2O2. The van der Waals surface area contributed by atoms with Crippen LogP contribution < -0.4 is 0 Å². The van der Waals surface area contributed by atoms with E-state index in [0.29, 0.717) is 34.3 Å². The Morgan fingerprint density at radius 2 is 1.45 bits per heavy atom. The normalized spacial score (nSPS) is 10.9. The van der Waals surface area contributed by atoms with E-state index in [-0.39, 0.29) is 0 Å². The van der Waals surface area contributed by atoms with E-state index >= 15 is 0 Å². The molecule has 0 radical (unpaired) electrons. The van der Waals surface area contributed by atoms with Crippen LogP contribution in [0.2, 0.25) is 0 Å². The second kappa shape index (κ2) is 6.10. The lowest BCUT2D eigenvalue weighted by Gasteiger charge is -2.08. The van der Waals surface area contributed by atoms with E-state index in [4.69, 9.17) is 8.83 Å². The molecule has 3 aromatic heterocycles. The fourth-order valence-corrected chi connectivity index (χ4v) is 2.06. The summed E-state index contributed by atoms with van der Waals surface area (Å²) >= 11 is 0. The fourth-order valence-electron chi connectivity index (χ4n) is 2.06. The zero-order valence-electron chi connectivity index (χ0n) is 11.9. The molecule has 0 atom stereocenters. The summed E-state index contributed by atoms with van der Waals surface area (Å²) in [5.74, 6) is 1.25. The summed E-state index contributed by atoms with van der Waals surface area (Å²) in [6.45, 7) is 7.47.